The lowest BCUT2D eigenvalue weighted by Gasteiger charge is -2.16. The van der Waals surface area contributed by atoms with Gasteiger partial charge in [-0.05, 0) is 12.1 Å². The zero-order valence-electron chi connectivity index (χ0n) is 10.8. The molecular weight excluding hydrogens is 248 g/mol. The third kappa shape index (κ3) is 4.32. The van der Waals surface area contributed by atoms with Crippen LogP contribution in [-0.2, 0) is 14.3 Å². The van der Waals surface area contributed by atoms with E-state index in [0.717, 1.165) is 0 Å². The minimum atomic E-state index is -0.506. The Kier molecular flexibility index (Phi) is 5.35. The van der Waals surface area contributed by atoms with E-state index in [1.54, 1.807) is 24.3 Å². The second-order valence-corrected chi connectivity index (χ2v) is 3.72. The highest BCUT2D eigenvalue weighted by atomic mass is 16.5. The van der Waals surface area contributed by atoms with E-state index in [1.165, 1.54) is 19.1 Å². The average Bonchev–Trinajstić information content (AvgIpc) is 2.44. The summed E-state index contributed by atoms with van der Waals surface area (Å²) in [5.41, 5.74) is 0.353. The van der Waals surface area contributed by atoms with Crippen LogP contribution in [0.2, 0.25) is 0 Å². The largest absolute Gasteiger partial charge is 0.482 e. The summed E-state index contributed by atoms with van der Waals surface area (Å²) in [6, 6.07) is 8.58. The van der Waals surface area contributed by atoms with Gasteiger partial charge in [-0.3, -0.25) is 9.59 Å². The van der Waals surface area contributed by atoms with E-state index >= 15 is 0 Å². The van der Waals surface area contributed by atoms with Crippen LogP contribution in [0.4, 0.5) is 0 Å². The highest BCUT2D eigenvalue weighted by molar-refractivity contribution is 5.82. The lowest BCUT2D eigenvalue weighted by atomic mass is 10.2. The fraction of sp³-hybridized carbons (Fsp3) is 0.308. The summed E-state index contributed by atoms with van der Waals surface area (Å²) in [6.45, 7) is -0.384. The number of nitriles is 1. The van der Waals surface area contributed by atoms with Crippen LogP contribution in [0.25, 0.3) is 0 Å². The molecule has 6 heteroatoms. The van der Waals surface area contributed by atoms with E-state index in [0.29, 0.717) is 11.3 Å². The summed E-state index contributed by atoms with van der Waals surface area (Å²) in [7, 11) is 2.72. The number of hydrogen-bond acceptors (Lipinski definition) is 5. The van der Waals surface area contributed by atoms with Gasteiger partial charge in [-0.2, -0.15) is 5.26 Å². The van der Waals surface area contributed by atoms with Crippen LogP contribution in [0, 0.1) is 11.3 Å². The van der Waals surface area contributed by atoms with Crippen molar-refractivity contribution in [3.05, 3.63) is 29.8 Å². The van der Waals surface area contributed by atoms with E-state index in [9.17, 15) is 9.59 Å². The maximum Gasteiger partial charge on any atom is 0.325 e. The van der Waals surface area contributed by atoms with E-state index in [2.05, 4.69) is 4.74 Å². The van der Waals surface area contributed by atoms with Crippen LogP contribution in [0.3, 0.4) is 0 Å². The Hall–Kier alpha value is -2.55. The van der Waals surface area contributed by atoms with Gasteiger partial charge >= 0.3 is 5.97 Å². The summed E-state index contributed by atoms with van der Waals surface area (Å²) >= 11 is 0. The minimum absolute atomic E-state index is 0.140. The third-order valence-electron chi connectivity index (χ3n) is 2.38. The second kappa shape index (κ2) is 7.01. The maximum atomic E-state index is 11.7. The molecule has 0 aliphatic carbocycles. The van der Waals surface area contributed by atoms with Gasteiger partial charge in [-0.15, -0.1) is 0 Å². The molecule has 0 aliphatic heterocycles. The first kappa shape index (κ1) is 14.5. The molecule has 0 fully saturated rings. The topological polar surface area (TPSA) is 79.6 Å². The van der Waals surface area contributed by atoms with Crippen molar-refractivity contribution < 1.29 is 19.1 Å². The molecule has 0 bridgehead atoms. The molecule has 19 heavy (non-hydrogen) atoms. The Morgan fingerprint density at radius 3 is 2.68 bits per heavy atom. The molecule has 0 unspecified atom stereocenters. The predicted octanol–water partition coefficient (Wildman–Crippen LogP) is 0.568. The molecule has 0 saturated carbocycles. The first-order valence-electron chi connectivity index (χ1n) is 5.51. The van der Waals surface area contributed by atoms with E-state index < -0.39 is 5.97 Å². The number of ether oxygens (including phenoxy) is 2. The van der Waals surface area contributed by atoms with Crippen LogP contribution in [0.15, 0.2) is 24.3 Å². The summed E-state index contributed by atoms with van der Waals surface area (Å²) in [5, 5.41) is 8.86. The Labute approximate surface area is 111 Å². The Morgan fingerprint density at radius 1 is 1.37 bits per heavy atom. The molecule has 0 atom stereocenters. The number of likely N-dealkylation sites (N-methyl/N-ethyl adjacent to an activating group) is 1. The van der Waals surface area contributed by atoms with Crippen LogP contribution < -0.4 is 4.74 Å². The highest BCUT2D eigenvalue weighted by Gasteiger charge is 2.14. The molecule has 100 valence electrons. The lowest BCUT2D eigenvalue weighted by molar-refractivity contribution is -0.146. The van der Waals surface area contributed by atoms with Crippen molar-refractivity contribution >= 4 is 11.9 Å². The number of nitrogens with zero attached hydrogens (tertiary/aromatic N) is 2. The molecule has 1 aromatic carbocycles. The standard InChI is InChI=1S/C13H14N2O4/c1-15(8-13(17)18-2)12(16)9-19-11-6-4-3-5-10(11)7-14/h3-6H,8-9H2,1-2H3. The van der Waals surface area contributed by atoms with Gasteiger partial charge in [0.2, 0.25) is 0 Å². The molecule has 0 heterocycles. The summed E-state index contributed by atoms with van der Waals surface area (Å²) in [5.74, 6) is -0.545. The van der Waals surface area contributed by atoms with Crippen LogP contribution in [0.1, 0.15) is 5.56 Å². The monoisotopic (exact) mass is 262 g/mol. The zero-order valence-corrected chi connectivity index (χ0v) is 10.8. The minimum Gasteiger partial charge on any atom is -0.482 e. The Bertz CT molecular complexity index is 508. The first-order chi connectivity index (χ1) is 9.08. The number of methoxy groups -OCH3 is 1. The highest BCUT2D eigenvalue weighted by Crippen LogP contribution is 2.16. The SMILES string of the molecule is COC(=O)CN(C)C(=O)COc1ccccc1C#N. The van der Waals surface area contributed by atoms with Crippen molar-refractivity contribution in [1.82, 2.24) is 4.90 Å². The molecule has 0 spiro atoms. The first-order valence-corrected chi connectivity index (χ1v) is 5.51. The third-order valence-corrected chi connectivity index (χ3v) is 2.38. The molecular formula is C13H14N2O4. The molecule has 0 aromatic heterocycles. The summed E-state index contributed by atoms with van der Waals surface area (Å²) in [4.78, 5) is 23.9. The van der Waals surface area contributed by atoms with Crippen LogP contribution >= 0.6 is 0 Å². The molecule has 1 amide bonds. The van der Waals surface area contributed by atoms with E-state index in [1.807, 2.05) is 6.07 Å². The molecule has 6 nitrogen and oxygen atoms in total. The van der Waals surface area contributed by atoms with Gasteiger partial charge in [0.25, 0.3) is 5.91 Å². The van der Waals surface area contributed by atoms with Crippen molar-refractivity contribution in [2.75, 3.05) is 27.3 Å². The number of rotatable bonds is 5. The quantitative estimate of drug-likeness (QED) is 0.725. The molecule has 0 aliphatic rings. The van der Waals surface area contributed by atoms with Crippen molar-refractivity contribution in [1.29, 1.82) is 5.26 Å². The number of esters is 1. The fourth-order valence-corrected chi connectivity index (χ4v) is 1.28. The van der Waals surface area contributed by atoms with Crippen LogP contribution in [-0.4, -0.2) is 44.1 Å². The molecule has 0 N–H and O–H groups in total. The Balaban J connectivity index is 2.55. The van der Waals surface area contributed by atoms with Gasteiger partial charge in [0.1, 0.15) is 18.4 Å². The number of benzene rings is 1. The Morgan fingerprint density at radius 2 is 2.05 bits per heavy atom. The molecule has 0 saturated heterocycles. The van der Waals surface area contributed by atoms with Crippen molar-refractivity contribution in [3.63, 3.8) is 0 Å². The number of para-hydroxylation sites is 1. The maximum absolute atomic E-state index is 11.7. The zero-order chi connectivity index (χ0) is 14.3. The number of amides is 1. The summed E-state index contributed by atoms with van der Waals surface area (Å²) < 4.78 is 9.71. The van der Waals surface area contributed by atoms with E-state index in [4.69, 9.17) is 10.00 Å². The lowest BCUT2D eigenvalue weighted by Crippen LogP contribution is -2.36. The summed E-state index contributed by atoms with van der Waals surface area (Å²) in [6.07, 6.45) is 0. The van der Waals surface area contributed by atoms with Crippen molar-refractivity contribution in [3.8, 4) is 11.8 Å². The molecule has 1 rings (SSSR count). The van der Waals surface area contributed by atoms with Gasteiger partial charge < -0.3 is 14.4 Å². The molecule has 0 radical (unpaired) electrons. The van der Waals surface area contributed by atoms with Crippen molar-refractivity contribution in [2.24, 2.45) is 0 Å². The van der Waals surface area contributed by atoms with Crippen LogP contribution in [0.5, 0.6) is 5.75 Å². The number of hydrogen-bond donors (Lipinski definition) is 0. The normalized spacial score (nSPS) is 9.32. The van der Waals surface area contributed by atoms with Gasteiger partial charge in [-0.1, -0.05) is 12.1 Å². The van der Waals surface area contributed by atoms with Gasteiger partial charge in [0, 0.05) is 7.05 Å². The predicted molar refractivity (Wildman–Crippen MR) is 66.3 cm³/mol. The van der Waals surface area contributed by atoms with Crippen molar-refractivity contribution in [2.45, 2.75) is 0 Å². The van der Waals surface area contributed by atoms with Gasteiger partial charge in [0.05, 0.1) is 12.7 Å². The second-order valence-electron chi connectivity index (χ2n) is 3.72. The molecule has 1 aromatic rings. The van der Waals surface area contributed by atoms with Gasteiger partial charge in [-0.25, -0.2) is 0 Å². The smallest absolute Gasteiger partial charge is 0.325 e. The van der Waals surface area contributed by atoms with E-state index in [-0.39, 0.29) is 19.1 Å². The number of carbonyl (C=O) groups is 2. The fourth-order valence-electron chi connectivity index (χ4n) is 1.28. The number of carbonyl (C=O) groups excluding carboxylic acids is 2. The van der Waals surface area contributed by atoms with Gasteiger partial charge in [0.15, 0.2) is 6.61 Å². The average molecular weight is 262 g/mol.